The number of hydrogen-bond donors (Lipinski definition) is 0. The number of carbonyl (C=O) groups excluding carboxylic acids is 2. The first-order valence-electron chi connectivity index (χ1n) is 6.27. The van der Waals surface area contributed by atoms with Crippen LogP contribution in [0, 0.1) is 5.41 Å². The number of hydrogen-bond acceptors (Lipinski definition) is 4. The van der Waals surface area contributed by atoms with Gasteiger partial charge in [-0.15, -0.1) is 0 Å². The van der Waals surface area contributed by atoms with Crippen molar-refractivity contribution in [1.82, 2.24) is 4.90 Å². The third-order valence-electron chi connectivity index (χ3n) is 3.71. The Morgan fingerprint density at radius 3 is 2.39 bits per heavy atom. The maximum absolute atomic E-state index is 12.2. The highest BCUT2D eigenvalue weighted by Crippen LogP contribution is 2.59. The largest absolute Gasteiger partial charge is 0.467 e. The monoisotopic (exact) mass is 255 g/mol. The van der Waals surface area contributed by atoms with Gasteiger partial charge in [-0.3, -0.25) is 4.90 Å². The third kappa shape index (κ3) is 2.18. The number of esters is 1. The average molecular weight is 255 g/mol. The fourth-order valence-electron chi connectivity index (χ4n) is 2.70. The van der Waals surface area contributed by atoms with Crippen LogP contribution in [0.3, 0.4) is 0 Å². The van der Waals surface area contributed by atoms with Gasteiger partial charge in [0.15, 0.2) is 0 Å². The molecule has 18 heavy (non-hydrogen) atoms. The predicted molar refractivity (Wildman–Crippen MR) is 65.0 cm³/mol. The van der Waals surface area contributed by atoms with Crippen molar-refractivity contribution in [2.45, 2.75) is 58.2 Å². The van der Waals surface area contributed by atoms with Gasteiger partial charge < -0.3 is 9.47 Å². The Bertz CT molecular complexity index is 387. The minimum Gasteiger partial charge on any atom is -0.467 e. The van der Waals surface area contributed by atoms with E-state index in [0.717, 1.165) is 6.42 Å². The van der Waals surface area contributed by atoms with E-state index in [0.29, 0.717) is 6.42 Å². The molecular weight excluding hydrogens is 234 g/mol. The molecule has 1 saturated heterocycles. The number of piperidine rings is 1. The highest BCUT2D eigenvalue weighted by atomic mass is 16.6. The van der Waals surface area contributed by atoms with Gasteiger partial charge in [-0.05, 0) is 39.0 Å². The fraction of sp³-hybridized carbons (Fsp3) is 0.846. The van der Waals surface area contributed by atoms with E-state index in [1.54, 1.807) is 4.90 Å². The molecule has 0 unspecified atom stereocenters. The van der Waals surface area contributed by atoms with Crippen LogP contribution in [0.5, 0.6) is 0 Å². The molecule has 2 fully saturated rings. The Kier molecular flexibility index (Phi) is 2.83. The Balaban J connectivity index is 2.14. The lowest BCUT2D eigenvalue weighted by molar-refractivity contribution is -0.146. The van der Waals surface area contributed by atoms with Crippen molar-refractivity contribution in [1.29, 1.82) is 0 Å². The summed E-state index contributed by atoms with van der Waals surface area (Å²) in [6.07, 6.45) is 1.20. The summed E-state index contributed by atoms with van der Waals surface area (Å²) in [5.41, 5.74) is -0.485. The van der Waals surface area contributed by atoms with Crippen molar-refractivity contribution >= 4 is 12.1 Å². The van der Waals surface area contributed by atoms with Gasteiger partial charge in [-0.2, -0.15) is 0 Å². The summed E-state index contributed by atoms with van der Waals surface area (Å²) in [6.45, 7) is 7.55. The number of ether oxygens (including phenoxy) is 2. The molecular formula is C13H21NO4. The lowest BCUT2D eigenvalue weighted by Crippen LogP contribution is -2.46. The van der Waals surface area contributed by atoms with Crippen molar-refractivity contribution in [3.63, 3.8) is 0 Å². The molecule has 3 atom stereocenters. The number of amides is 1. The number of likely N-dealkylation sites (tertiary alicyclic amines) is 1. The summed E-state index contributed by atoms with van der Waals surface area (Å²) < 4.78 is 10.1. The van der Waals surface area contributed by atoms with E-state index < -0.39 is 17.7 Å². The van der Waals surface area contributed by atoms with Crippen molar-refractivity contribution in [3.05, 3.63) is 0 Å². The standard InChI is InChI=1S/C13H21NO4/c1-12(2,3)18-11(16)14-8(10(15)17-5)6-13(4)7-9(13)14/h8-9H,6-7H2,1-5H3/t8-,9-,13+/m0/s1. The van der Waals surface area contributed by atoms with E-state index in [4.69, 9.17) is 9.47 Å². The Hall–Kier alpha value is -1.26. The van der Waals surface area contributed by atoms with E-state index in [2.05, 4.69) is 6.92 Å². The quantitative estimate of drug-likeness (QED) is 0.672. The molecule has 0 aromatic heterocycles. The first kappa shape index (κ1) is 13.2. The number of rotatable bonds is 1. The predicted octanol–water partition coefficient (Wildman–Crippen LogP) is 1.95. The molecule has 0 spiro atoms. The first-order valence-corrected chi connectivity index (χ1v) is 6.27. The zero-order valence-corrected chi connectivity index (χ0v) is 11.6. The van der Waals surface area contributed by atoms with Crippen LogP contribution < -0.4 is 0 Å². The van der Waals surface area contributed by atoms with E-state index in [1.807, 2.05) is 20.8 Å². The van der Waals surface area contributed by atoms with Crippen molar-refractivity contribution in [2.24, 2.45) is 5.41 Å². The second-order valence-electron chi connectivity index (χ2n) is 6.50. The van der Waals surface area contributed by atoms with Gasteiger partial charge in [0.1, 0.15) is 11.6 Å². The minimum atomic E-state index is -0.550. The second kappa shape index (κ2) is 3.87. The molecule has 1 amide bonds. The second-order valence-corrected chi connectivity index (χ2v) is 6.50. The molecule has 1 heterocycles. The van der Waals surface area contributed by atoms with Crippen LogP contribution in [0.4, 0.5) is 4.79 Å². The molecule has 5 nitrogen and oxygen atoms in total. The van der Waals surface area contributed by atoms with E-state index >= 15 is 0 Å². The number of carbonyl (C=O) groups is 2. The zero-order valence-electron chi connectivity index (χ0n) is 11.6. The molecule has 1 aliphatic carbocycles. The topological polar surface area (TPSA) is 55.8 Å². The number of methoxy groups -OCH3 is 1. The summed E-state index contributed by atoms with van der Waals surface area (Å²) in [5.74, 6) is -0.353. The lowest BCUT2D eigenvalue weighted by Gasteiger charge is -2.29. The maximum Gasteiger partial charge on any atom is 0.411 e. The molecule has 0 aromatic carbocycles. The third-order valence-corrected chi connectivity index (χ3v) is 3.71. The summed E-state index contributed by atoms with van der Waals surface area (Å²) >= 11 is 0. The molecule has 2 rings (SSSR count). The molecule has 102 valence electrons. The van der Waals surface area contributed by atoms with Crippen molar-refractivity contribution < 1.29 is 19.1 Å². The molecule has 5 heteroatoms. The van der Waals surface area contributed by atoms with Crippen LogP contribution in [0.1, 0.15) is 40.5 Å². The SMILES string of the molecule is COC(=O)[C@@H]1C[C@]2(C)C[C@@H]2N1C(=O)OC(C)(C)C. The maximum atomic E-state index is 12.2. The smallest absolute Gasteiger partial charge is 0.411 e. The normalized spacial score (nSPS) is 33.9. The molecule has 0 bridgehead atoms. The van der Waals surface area contributed by atoms with Gasteiger partial charge in [0.05, 0.1) is 7.11 Å². The summed E-state index contributed by atoms with van der Waals surface area (Å²) in [7, 11) is 1.35. The van der Waals surface area contributed by atoms with Crippen LogP contribution in [0.25, 0.3) is 0 Å². The Morgan fingerprint density at radius 2 is 1.89 bits per heavy atom. The van der Waals surface area contributed by atoms with Gasteiger partial charge in [0, 0.05) is 6.04 Å². The lowest BCUT2D eigenvalue weighted by atomic mass is 10.0. The van der Waals surface area contributed by atoms with E-state index in [1.165, 1.54) is 7.11 Å². The molecule has 2 aliphatic rings. The van der Waals surface area contributed by atoms with Crippen LogP contribution in [-0.4, -0.2) is 41.8 Å². The van der Waals surface area contributed by atoms with Gasteiger partial charge in [0.25, 0.3) is 0 Å². The molecule has 1 aliphatic heterocycles. The highest BCUT2D eigenvalue weighted by Gasteiger charge is 2.65. The fourth-order valence-corrected chi connectivity index (χ4v) is 2.70. The van der Waals surface area contributed by atoms with Gasteiger partial charge in [-0.25, -0.2) is 9.59 Å². The van der Waals surface area contributed by atoms with Gasteiger partial charge >= 0.3 is 12.1 Å². The van der Waals surface area contributed by atoms with Crippen LogP contribution in [0.2, 0.25) is 0 Å². The summed E-state index contributed by atoms with van der Waals surface area (Å²) in [5, 5.41) is 0. The molecule has 1 saturated carbocycles. The average Bonchev–Trinajstić information content (AvgIpc) is 2.77. The Morgan fingerprint density at radius 1 is 1.28 bits per heavy atom. The van der Waals surface area contributed by atoms with Crippen LogP contribution in [0.15, 0.2) is 0 Å². The van der Waals surface area contributed by atoms with Gasteiger partial charge in [-0.1, -0.05) is 6.92 Å². The Labute approximate surface area is 107 Å². The molecule has 0 N–H and O–H groups in total. The van der Waals surface area contributed by atoms with Crippen molar-refractivity contribution in [2.75, 3.05) is 7.11 Å². The number of fused-ring (bicyclic) bond motifs is 1. The van der Waals surface area contributed by atoms with Crippen molar-refractivity contribution in [3.8, 4) is 0 Å². The zero-order chi connectivity index (χ0) is 13.7. The van der Waals surface area contributed by atoms with E-state index in [9.17, 15) is 9.59 Å². The highest BCUT2D eigenvalue weighted by molar-refractivity contribution is 5.83. The number of nitrogens with zero attached hydrogens (tertiary/aromatic N) is 1. The van der Waals surface area contributed by atoms with Crippen LogP contribution >= 0.6 is 0 Å². The summed E-state index contributed by atoms with van der Waals surface area (Å²) in [6, 6.07) is -0.370. The van der Waals surface area contributed by atoms with Gasteiger partial charge in [0.2, 0.25) is 0 Å². The first-order chi connectivity index (χ1) is 8.18. The molecule has 0 radical (unpaired) electrons. The molecule has 0 aromatic rings. The van der Waals surface area contributed by atoms with E-state index in [-0.39, 0.29) is 17.4 Å². The van der Waals surface area contributed by atoms with Crippen LogP contribution in [-0.2, 0) is 14.3 Å². The minimum absolute atomic E-state index is 0.0652. The summed E-state index contributed by atoms with van der Waals surface area (Å²) in [4.78, 5) is 25.5.